The van der Waals surface area contributed by atoms with Crippen LogP contribution >= 0.6 is 11.6 Å². The number of fused-ring (bicyclic) bond motifs is 1. The van der Waals surface area contributed by atoms with Gasteiger partial charge in [0.15, 0.2) is 0 Å². The van der Waals surface area contributed by atoms with Gasteiger partial charge in [-0.05, 0) is 18.2 Å². The number of benzene rings is 1. The third kappa shape index (κ3) is 3.00. The van der Waals surface area contributed by atoms with E-state index in [0.29, 0.717) is 16.3 Å². The van der Waals surface area contributed by atoms with Crippen molar-refractivity contribution >= 4 is 40.9 Å². The molecule has 0 aromatic heterocycles. The molecule has 2 heterocycles. The molecular formula is C17H18ClN3O4. The maximum Gasteiger partial charge on any atom is 0.256 e. The number of amides is 4. The molecule has 0 unspecified atom stereocenters. The Hall–Kier alpha value is -2.41. The van der Waals surface area contributed by atoms with E-state index in [2.05, 4.69) is 5.32 Å². The highest BCUT2D eigenvalue weighted by molar-refractivity contribution is 6.31. The lowest BCUT2D eigenvalue weighted by atomic mass is 10.00. The fourth-order valence-corrected chi connectivity index (χ4v) is 3.46. The Kier molecular flexibility index (Phi) is 4.51. The van der Waals surface area contributed by atoms with Crippen LogP contribution in [0.3, 0.4) is 0 Å². The van der Waals surface area contributed by atoms with Gasteiger partial charge in [0.1, 0.15) is 0 Å². The van der Waals surface area contributed by atoms with E-state index in [0.717, 1.165) is 4.90 Å². The van der Waals surface area contributed by atoms with Gasteiger partial charge >= 0.3 is 0 Å². The smallest absolute Gasteiger partial charge is 0.256 e. The normalized spacial score (nSPS) is 22.4. The number of nitrogens with zero attached hydrogens (tertiary/aromatic N) is 2. The molecule has 1 aromatic rings. The maximum atomic E-state index is 12.9. The highest BCUT2D eigenvalue weighted by atomic mass is 35.5. The van der Waals surface area contributed by atoms with Gasteiger partial charge in [-0.15, -0.1) is 0 Å². The first-order valence-electron chi connectivity index (χ1n) is 8.03. The van der Waals surface area contributed by atoms with Gasteiger partial charge in [0.25, 0.3) is 5.91 Å². The minimum atomic E-state index is -0.484. The molecule has 0 saturated carbocycles. The summed E-state index contributed by atoms with van der Waals surface area (Å²) in [5.74, 6) is -2.03. The van der Waals surface area contributed by atoms with E-state index < -0.39 is 11.8 Å². The molecule has 1 N–H and O–H groups in total. The number of anilines is 1. The summed E-state index contributed by atoms with van der Waals surface area (Å²) >= 11 is 5.97. The molecule has 2 saturated heterocycles. The molecule has 4 amide bonds. The number of nitrogens with one attached hydrogen (secondary N) is 1. The minimum absolute atomic E-state index is 0.197. The lowest BCUT2D eigenvalue weighted by molar-refractivity contribution is -0.138. The van der Waals surface area contributed by atoms with E-state index in [-0.39, 0.29) is 43.1 Å². The van der Waals surface area contributed by atoms with Crippen molar-refractivity contribution in [3.05, 3.63) is 28.8 Å². The SMILES string of the molecule is CCC(=O)Nc1cc(Cl)ccc1C(=O)N1C[C@@H]2C(=O)N(C)C(=O)[C@@H]2C1. The summed E-state index contributed by atoms with van der Waals surface area (Å²) in [5, 5.41) is 3.06. The summed E-state index contributed by atoms with van der Waals surface area (Å²) < 4.78 is 0. The zero-order chi connectivity index (χ0) is 18.3. The van der Waals surface area contributed by atoms with E-state index in [1.807, 2.05) is 0 Å². The number of rotatable bonds is 3. The first-order valence-corrected chi connectivity index (χ1v) is 8.41. The molecule has 132 valence electrons. The van der Waals surface area contributed by atoms with Crippen LogP contribution < -0.4 is 5.32 Å². The number of halogens is 1. The molecule has 8 heteroatoms. The maximum absolute atomic E-state index is 12.9. The predicted octanol–water partition coefficient (Wildman–Crippen LogP) is 1.38. The monoisotopic (exact) mass is 363 g/mol. The molecule has 1 aromatic carbocycles. The second kappa shape index (κ2) is 6.48. The summed E-state index contributed by atoms with van der Waals surface area (Å²) in [7, 11) is 1.47. The number of hydrogen-bond acceptors (Lipinski definition) is 4. The second-order valence-corrected chi connectivity index (χ2v) is 6.69. The molecule has 0 bridgehead atoms. The second-order valence-electron chi connectivity index (χ2n) is 6.25. The average molecular weight is 364 g/mol. The van der Waals surface area contributed by atoms with Gasteiger partial charge in [-0.3, -0.25) is 24.1 Å². The summed E-state index contributed by atoms with van der Waals surface area (Å²) in [6.45, 7) is 2.10. The van der Waals surface area contributed by atoms with Crippen LogP contribution in [0.2, 0.25) is 5.02 Å². The highest BCUT2D eigenvalue weighted by Crippen LogP contribution is 2.34. The highest BCUT2D eigenvalue weighted by Gasteiger charge is 2.52. The van der Waals surface area contributed by atoms with E-state index in [1.54, 1.807) is 19.1 Å². The number of hydrogen-bond donors (Lipinski definition) is 1. The molecule has 3 rings (SSSR count). The van der Waals surface area contributed by atoms with Gasteiger partial charge in [-0.1, -0.05) is 18.5 Å². The Labute approximate surface area is 149 Å². The zero-order valence-electron chi connectivity index (χ0n) is 13.9. The first-order chi connectivity index (χ1) is 11.8. The van der Waals surface area contributed by atoms with E-state index in [1.165, 1.54) is 18.0 Å². The molecule has 0 aliphatic carbocycles. The lowest BCUT2D eigenvalue weighted by Crippen LogP contribution is -2.36. The van der Waals surface area contributed by atoms with Crippen LogP contribution in [0.25, 0.3) is 0 Å². The molecule has 0 spiro atoms. The molecule has 2 atom stereocenters. The fraction of sp³-hybridized carbons (Fsp3) is 0.412. The Bertz CT molecular complexity index is 755. The average Bonchev–Trinajstić information content (AvgIpc) is 3.11. The molecule has 2 fully saturated rings. The van der Waals surface area contributed by atoms with Gasteiger partial charge in [0.2, 0.25) is 17.7 Å². The molecule has 2 aliphatic rings. The summed E-state index contributed by atoms with van der Waals surface area (Å²) in [6.07, 6.45) is 0.267. The van der Waals surface area contributed by atoms with Crippen molar-refractivity contribution in [2.75, 3.05) is 25.5 Å². The van der Waals surface area contributed by atoms with Gasteiger partial charge in [-0.2, -0.15) is 0 Å². The van der Waals surface area contributed by atoms with Crippen LogP contribution in [0, 0.1) is 11.8 Å². The van der Waals surface area contributed by atoms with Crippen LogP contribution in [-0.4, -0.2) is 53.6 Å². The Balaban J connectivity index is 1.84. The minimum Gasteiger partial charge on any atom is -0.337 e. The van der Waals surface area contributed by atoms with Gasteiger partial charge < -0.3 is 10.2 Å². The van der Waals surface area contributed by atoms with Crippen molar-refractivity contribution in [3.63, 3.8) is 0 Å². The molecule has 7 nitrogen and oxygen atoms in total. The number of carbonyl (C=O) groups is 4. The van der Waals surface area contributed by atoms with E-state index in [9.17, 15) is 19.2 Å². The molecule has 2 aliphatic heterocycles. The van der Waals surface area contributed by atoms with E-state index >= 15 is 0 Å². The van der Waals surface area contributed by atoms with Crippen molar-refractivity contribution in [2.45, 2.75) is 13.3 Å². The third-order valence-corrected chi connectivity index (χ3v) is 4.94. The van der Waals surface area contributed by atoms with Crippen LogP contribution in [0.5, 0.6) is 0 Å². The molecule has 25 heavy (non-hydrogen) atoms. The summed E-state index contributed by atoms with van der Waals surface area (Å²) in [4.78, 5) is 51.4. The van der Waals surface area contributed by atoms with Crippen molar-refractivity contribution in [3.8, 4) is 0 Å². The van der Waals surface area contributed by atoms with Crippen LogP contribution in [0.15, 0.2) is 18.2 Å². The Morgan fingerprint density at radius 3 is 2.36 bits per heavy atom. The quantitative estimate of drug-likeness (QED) is 0.822. The largest absolute Gasteiger partial charge is 0.337 e. The number of carbonyl (C=O) groups excluding carboxylic acids is 4. The van der Waals surface area contributed by atoms with Gasteiger partial charge in [0, 0.05) is 31.6 Å². The lowest BCUT2D eigenvalue weighted by Gasteiger charge is -2.20. The first kappa shape index (κ1) is 17.4. The van der Waals surface area contributed by atoms with Crippen molar-refractivity contribution in [1.29, 1.82) is 0 Å². The number of likely N-dealkylation sites (tertiary alicyclic amines) is 2. The predicted molar refractivity (Wildman–Crippen MR) is 91.0 cm³/mol. The standard InChI is InChI=1S/C17H18ClN3O4/c1-3-14(22)19-13-6-9(18)4-5-10(13)17(25)21-7-11-12(8-21)16(24)20(2)15(11)23/h4-6,11-12H,3,7-8H2,1-2H3,(H,19,22)/t11-,12+. The summed E-state index contributed by atoms with van der Waals surface area (Å²) in [6, 6.07) is 4.63. The van der Waals surface area contributed by atoms with Crippen LogP contribution in [0.4, 0.5) is 5.69 Å². The van der Waals surface area contributed by atoms with Crippen LogP contribution in [-0.2, 0) is 14.4 Å². The molecule has 0 radical (unpaired) electrons. The topological polar surface area (TPSA) is 86.8 Å². The van der Waals surface area contributed by atoms with Gasteiger partial charge in [-0.25, -0.2) is 0 Å². The van der Waals surface area contributed by atoms with Crippen molar-refractivity contribution in [2.24, 2.45) is 11.8 Å². The van der Waals surface area contributed by atoms with Crippen molar-refractivity contribution < 1.29 is 19.2 Å². The zero-order valence-corrected chi connectivity index (χ0v) is 14.7. The Morgan fingerprint density at radius 2 is 1.80 bits per heavy atom. The molecular weight excluding hydrogens is 346 g/mol. The third-order valence-electron chi connectivity index (χ3n) is 4.71. The summed E-state index contributed by atoms with van der Waals surface area (Å²) in [5.41, 5.74) is 0.621. The van der Waals surface area contributed by atoms with E-state index in [4.69, 9.17) is 11.6 Å². The van der Waals surface area contributed by atoms with Gasteiger partial charge in [0.05, 0.1) is 23.1 Å². The Morgan fingerprint density at radius 1 is 1.20 bits per heavy atom. The van der Waals surface area contributed by atoms with Crippen LogP contribution in [0.1, 0.15) is 23.7 Å². The fourth-order valence-electron chi connectivity index (χ4n) is 3.29. The van der Waals surface area contributed by atoms with Crippen molar-refractivity contribution in [1.82, 2.24) is 9.80 Å². The number of imide groups is 1.